The number of carbonyl (C=O) groups is 3. The fraction of sp³-hybridized carbons (Fsp3) is 0.609. The fourth-order valence-electron chi connectivity index (χ4n) is 3.33. The van der Waals surface area contributed by atoms with E-state index < -0.39 is 23.4 Å². The van der Waals surface area contributed by atoms with Gasteiger partial charge in [-0.2, -0.15) is 0 Å². The van der Waals surface area contributed by atoms with E-state index in [1.54, 1.807) is 37.8 Å². The number of ether oxygens (including phenoxy) is 3. The topological polar surface area (TPSA) is 94.2 Å². The number of methoxy groups -OCH3 is 1. The number of nitrogens with one attached hydrogen (secondary N) is 1. The van der Waals surface area contributed by atoms with Crippen LogP contribution in [0.25, 0.3) is 0 Å². The molecule has 1 unspecified atom stereocenters. The van der Waals surface area contributed by atoms with Crippen LogP contribution in [0.4, 0.5) is 21.0 Å². The van der Waals surface area contributed by atoms with Crippen molar-refractivity contribution in [2.75, 3.05) is 23.9 Å². The molecule has 0 saturated carbocycles. The summed E-state index contributed by atoms with van der Waals surface area (Å²) in [5.41, 5.74) is 0.879. The van der Waals surface area contributed by atoms with Gasteiger partial charge in [0, 0.05) is 18.7 Å². The molecule has 0 aromatic heterocycles. The van der Waals surface area contributed by atoms with Crippen LogP contribution in [0.1, 0.15) is 59.9 Å². The maximum absolute atomic E-state index is 12.9. The summed E-state index contributed by atoms with van der Waals surface area (Å²) in [4.78, 5) is 38.2. The third kappa shape index (κ3) is 7.77. The van der Waals surface area contributed by atoms with E-state index in [0.29, 0.717) is 30.8 Å². The number of rotatable bonds is 4. The number of benzene rings is 1. The SMILES string of the molecule is COC(=O)CCC1Cc2ccc(NC(=O)OC(C)(C)C)cc2N(C(=O)OC(C)(C)C)C1. The lowest BCUT2D eigenvalue weighted by Gasteiger charge is -2.36. The molecule has 1 aromatic carbocycles. The van der Waals surface area contributed by atoms with Gasteiger partial charge >= 0.3 is 18.2 Å². The molecule has 2 amide bonds. The standard InChI is InChI=1S/C23H34N2O6/c1-22(2,3)30-20(27)24-17-10-9-16-12-15(8-11-19(26)29-7)14-25(18(16)13-17)21(28)31-23(4,5)6/h9-10,13,15H,8,11-12,14H2,1-7H3,(H,24,27). The minimum absolute atomic E-state index is 0.0868. The molecule has 1 atom stereocenters. The number of anilines is 2. The van der Waals surface area contributed by atoms with Crippen molar-refractivity contribution in [2.24, 2.45) is 5.92 Å². The Morgan fingerprint density at radius 3 is 2.29 bits per heavy atom. The van der Waals surface area contributed by atoms with Crippen molar-refractivity contribution in [1.29, 1.82) is 0 Å². The molecule has 31 heavy (non-hydrogen) atoms. The van der Waals surface area contributed by atoms with Gasteiger partial charge in [-0.05, 0) is 78.0 Å². The molecular formula is C23H34N2O6. The molecule has 2 rings (SSSR count). The van der Waals surface area contributed by atoms with Gasteiger partial charge in [-0.25, -0.2) is 9.59 Å². The number of amides is 2. The van der Waals surface area contributed by atoms with E-state index in [1.165, 1.54) is 7.11 Å². The molecule has 1 aliphatic rings. The third-order valence-corrected chi connectivity index (χ3v) is 4.57. The molecule has 1 heterocycles. The Labute approximate surface area is 184 Å². The van der Waals surface area contributed by atoms with Gasteiger partial charge in [0.25, 0.3) is 0 Å². The molecule has 1 N–H and O–H groups in total. The Balaban J connectivity index is 2.27. The van der Waals surface area contributed by atoms with Crippen molar-refractivity contribution in [1.82, 2.24) is 0 Å². The number of hydrogen-bond donors (Lipinski definition) is 1. The van der Waals surface area contributed by atoms with E-state index >= 15 is 0 Å². The van der Waals surface area contributed by atoms with E-state index in [1.807, 2.05) is 26.8 Å². The van der Waals surface area contributed by atoms with Gasteiger partial charge in [-0.3, -0.25) is 15.0 Å². The van der Waals surface area contributed by atoms with Crippen molar-refractivity contribution >= 4 is 29.5 Å². The number of fused-ring (bicyclic) bond motifs is 1. The van der Waals surface area contributed by atoms with E-state index in [-0.39, 0.29) is 18.3 Å². The molecule has 172 valence electrons. The summed E-state index contributed by atoms with van der Waals surface area (Å²) in [5, 5.41) is 2.71. The Morgan fingerprint density at radius 2 is 1.71 bits per heavy atom. The minimum Gasteiger partial charge on any atom is -0.469 e. The monoisotopic (exact) mass is 434 g/mol. The highest BCUT2D eigenvalue weighted by molar-refractivity contribution is 5.92. The summed E-state index contributed by atoms with van der Waals surface area (Å²) < 4.78 is 15.6. The lowest BCUT2D eigenvalue weighted by molar-refractivity contribution is -0.140. The van der Waals surface area contributed by atoms with Crippen LogP contribution in [0.2, 0.25) is 0 Å². The Kier molecular flexibility index (Phi) is 7.57. The fourth-order valence-corrected chi connectivity index (χ4v) is 3.33. The maximum atomic E-state index is 12.9. The van der Waals surface area contributed by atoms with Crippen LogP contribution in [0.15, 0.2) is 18.2 Å². The van der Waals surface area contributed by atoms with Gasteiger partial charge < -0.3 is 14.2 Å². The lowest BCUT2D eigenvalue weighted by atomic mass is 9.89. The first-order chi connectivity index (χ1) is 14.3. The quantitative estimate of drug-likeness (QED) is 0.535. The number of esters is 1. The highest BCUT2D eigenvalue weighted by Gasteiger charge is 2.32. The molecule has 1 aromatic rings. The predicted octanol–water partition coefficient (Wildman–Crippen LogP) is 4.90. The van der Waals surface area contributed by atoms with Gasteiger partial charge in [0.15, 0.2) is 0 Å². The Hall–Kier alpha value is -2.77. The molecule has 0 fully saturated rings. The lowest BCUT2D eigenvalue weighted by Crippen LogP contribution is -2.43. The van der Waals surface area contributed by atoms with E-state index in [0.717, 1.165) is 5.56 Å². The van der Waals surface area contributed by atoms with Crippen LogP contribution in [0.3, 0.4) is 0 Å². The van der Waals surface area contributed by atoms with Crippen LogP contribution in [-0.4, -0.2) is 43.0 Å². The second-order valence-corrected chi connectivity index (χ2v) is 9.75. The number of hydrogen-bond acceptors (Lipinski definition) is 6. The first-order valence-corrected chi connectivity index (χ1v) is 10.5. The summed E-state index contributed by atoms with van der Waals surface area (Å²) in [6.07, 6.45) is 0.562. The molecule has 8 nitrogen and oxygen atoms in total. The van der Waals surface area contributed by atoms with Gasteiger partial charge in [0.05, 0.1) is 12.8 Å². The molecule has 0 bridgehead atoms. The van der Waals surface area contributed by atoms with Crippen LogP contribution in [0, 0.1) is 5.92 Å². The van der Waals surface area contributed by atoms with Gasteiger partial charge in [0.2, 0.25) is 0 Å². The summed E-state index contributed by atoms with van der Waals surface area (Å²) >= 11 is 0. The highest BCUT2D eigenvalue weighted by Crippen LogP contribution is 2.35. The smallest absolute Gasteiger partial charge is 0.414 e. The third-order valence-electron chi connectivity index (χ3n) is 4.57. The summed E-state index contributed by atoms with van der Waals surface area (Å²) in [6, 6.07) is 5.40. The zero-order valence-electron chi connectivity index (χ0n) is 19.5. The average Bonchev–Trinajstić information content (AvgIpc) is 2.62. The molecule has 8 heteroatoms. The first-order valence-electron chi connectivity index (χ1n) is 10.5. The maximum Gasteiger partial charge on any atom is 0.414 e. The van der Waals surface area contributed by atoms with E-state index in [9.17, 15) is 14.4 Å². The second kappa shape index (κ2) is 9.58. The Morgan fingerprint density at radius 1 is 1.06 bits per heavy atom. The zero-order valence-corrected chi connectivity index (χ0v) is 19.5. The van der Waals surface area contributed by atoms with Crippen LogP contribution < -0.4 is 10.2 Å². The molecular weight excluding hydrogens is 400 g/mol. The highest BCUT2D eigenvalue weighted by atomic mass is 16.6. The van der Waals surface area contributed by atoms with Crippen LogP contribution in [-0.2, 0) is 25.4 Å². The second-order valence-electron chi connectivity index (χ2n) is 9.75. The van der Waals surface area contributed by atoms with Crippen LogP contribution in [0.5, 0.6) is 0 Å². The molecule has 1 aliphatic heterocycles. The largest absolute Gasteiger partial charge is 0.469 e. The van der Waals surface area contributed by atoms with Gasteiger partial charge in [0.1, 0.15) is 11.2 Å². The first kappa shape index (κ1) is 24.5. The molecule has 0 saturated heterocycles. The van der Waals surface area contributed by atoms with E-state index in [2.05, 4.69) is 5.32 Å². The molecule has 0 aliphatic carbocycles. The predicted molar refractivity (Wildman–Crippen MR) is 118 cm³/mol. The molecule has 0 spiro atoms. The van der Waals surface area contributed by atoms with Gasteiger partial charge in [-0.1, -0.05) is 6.07 Å². The van der Waals surface area contributed by atoms with E-state index in [4.69, 9.17) is 14.2 Å². The van der Waals surface area contributed by atoms with Crippen molar-refractivity contribution in [3.8, 4) is 0 Å². The van der Waals surface area contributed by atoms with Crippen molar-refractivity contribution < 1.29 is 28.6 Å². The summed E-state index contributed by atoms with van der Waals surface area (Å²) in [5.74, 6) is -0.185. The Bertz CT molecular complexity index is 822. The van der Waals surface area contributed by atoms with Crippen molar-refractivity contribution in [3.63, 3.8) is 0 Å². The minimum atomic E-state index is -0.650. The van der Waals surface area contributed by atoms with Gasteiger partial charge in [-0.15, -0.1) is 0 Å². The van der Waals surface area contributed by atoms with Crippen molar-refractivity contribution in [2.45, 2.75) is 72.0 Å². The van der Waals surface area contributed by atoms with Crippen LogP contribution >= 0.6 is 0 Å². The molecule has 0 radical (unpaired) electrons. The zero-order chi connectivity index (χ0) is 23.4. The normalized spacial score (nSPS) is 16.2. The number of nitrogens with zero attached hydrogens (tertiary/aromatic N) is 1. The summed E-state index contributed by atoms with van der Waals surface area (Å²) in [6.45, 7) is 11.2. The summed E-state index contributed by atoms with van der Waals surface area (Å²) in [7, 11) is 1.37. The van der Waals surface area contributed by atoms with Crippen molar-refractivity contribution in [3.05, 3.63) is 23.8 Å². The average molecular weight is 435 g/mol. The number of carbonyl (C=O) groups excluding carboxylic acids is 3.